The first-order valence-electron chi connectivity index (χ1n) is 8.69. The maximum absolute atomic E-state index is 12.4. The Labute approximate surface area is 141 Å². The van der Waals surface area contributed by atoms with Gasteiger partial charge in [0, 0.05) is 25.2 Å². The molecule has 2 aliphatic rings. The summed E-state index contributed by atoms with van der Waals surface area (Å²) >= 11 is 0. The second-order valence-electron chi connectivity index (χ2n) is 6.78. The van der Waals surface area contributed by atoms with Crippen LogP contribution in [0.25, 0.3) is 0 Å². The van der Waals surface area contributed by atoms with Crippen LogP contribution in [0.3, 0.4) is 0 Å². The zero-order valence-electron chi connectivity index (χ0n) is 14.5. The molecule has 132 valence electrons. The third kappa shape index (κ3) is 3.12. The van der Waals surface area contributed by atoms with Crippen molar-refractivity contribution in [2.75, 3.05) is 19.7 Å². The Morgan fingerprint density at radius 2 is 2.12 bits per heavy atom. The molecule has 0 radical (unpaired) electrons. The van der Waals surface area contributed by atoms with Gasteiger partial charge in [-0.25, -0.2) is 4.79 Å². The van der Waals surface area contributed by atoms with Crippen LogP contribution in [0.15, 0.2) is 10.6 Å². The average Bonchev–Trinajstić information content (AvgIpc) is 3.19. The van der Waals surface area contributed by atoms with Gasteiger partial charge in [0.25, 0.3) is 5.91 Å². The van der Waals surface area contributed by atoms with Crippen molar-refractivity contribution in [2.24, 2.45) is 5.92 Å². The van der Waals surface area contributed by atoms with Crippen LogP contribution in [0, 0.1) is 12.8 Å². The number of amides is 2. The first-order chi connectivity index (χ1) is 11.5. The lowest BCUT2D eigenvalue weighted by atomic mass is 9.95. The number of hydrogen-bond acceptors (Lipinski definition) is 5. The van der Waals surface area contributed by atoms with Gasteiger partial charge in [-0.2, -0.15) is 0 Å². The highest BCUT2D eigenvalue weighted by Crippen LogP contribution is 2.29. The van der Waals surface area contributed by atoms with Crippen molar-refractivity contribution in [1.29, 1.82) is 0 Å². The van der Waals surface area contributed by atoms with Crippen LogP contribution in [0.5, 0.6) is 0 Å². The highest BCUT2D eigenvalue weighted by molar-refractivity contribution is 5.92. The van der Waals surface area contributed by atoms with Crippen molar-refractivity contribution < 1.29 is 18.8 Å². The predicted octanol–water partition coefficient (Wildman–Crippen LogP) is 2.45. The van der Waals surface area contributed by atoms with Crippen molar-refractivity contribution in [3.05, 3.63) is 17.5 Å². The van der Waals surface area contributed by atoms with Gasteiger partial charge in [0.15, 0.2) is 5.69 Å². The molecule has 7 nitrogen and oxygen atoms in total. The lowest BCUT2D eigenvalue weighted by Gasteiger charge is -2.38. The number of aromatic nitrogens is 1. The molecule has 2 atom stereocenters. The van der Waals surface area contributed by atoms with Gasteiger partial charge in [-0.15, -0.1) is 0 Å². The Hall–Kier alpha value is -2.05. The number of ether oxygens (including phenoxy) is 1. The van der Waals surface area contributed by atoms with Gasteiger partial charge in [-0.05, 0) is 25.7 Å². The molecule has 7 heteroatoms. The Kier molecular flexibility index (Phi) is 4.78. The van der Waals surface area contributed by atoms with E-state index in [0.717, 1.165) is 19.3 Å². The molecule has 0 aromatic carbocycles. The minimum absolute atomic E-state index is 0.104. The van der Waals surface area contributed by atoms with Gasteiger partial charge in [-0.3, -0.25) is 9.69 Å². The molecule has 0 aliphatic carbocycles. The molecule has 0 bridgehead atoms. The van der Waals surface area contributed by atoms with E-state index in [-0.39, 0.29) is 24.1 Å². The van der Waals surface area contributed by atoms with Crippen molar-refractivity contribution >= 4 is 12.0 Å². The van der Waals surface area contributed by atoms with Gasteiger partial charge in [-0.1, -0.05) is 25.4 Å². The molecule has 2 saturated heterocycles. The Bertz CT molecular complexity index is 607. The summed E-state index contributed by atoms with van der Waals surface area (Å²) < 4.78 is 10.3. The van der Waals surface area contributed by atoms with E-state index >= 15 is 0 Å². The topological polar surface area (TPSA) is 75.9 Å². The molecular weight excluding hydrogens is 310 g/mol. The third-order valence-corrected chi connectivity index (χ3v) is 5.24. The van der Waals surface area contributed by atoms with Crippen LogP contribution in [0.4, 0.5) is 4.79 Å². The average molecular weight is 335 g/mol. The number of aryl methyl sites for hydroxylation is 1. The van der Waals surface area contributed by atoms with E-state index in [9.17, 15) is 9.59 Å². The van der Waals surface area contributed by atoms with Gasteiger partial charge < -0.3 is 14.2 Å². The number of likely N-dealkylation sites (tertiary alicyclic amines) is 1. The van der Waals surface area contributed by atoms with E-state index in [1.807, 2.05) is 4.90 Å². The van der Waals surface area contributed by atoms with Crippen LogP contribution in [0.2, 0.25) is 0 Å². The summed E-state index contributed by atoms with van der Waals surface area (Å²) in [5.41, 5.74) is 0.351. The maximum atomic E-state index is 12.4. The minimum Gasteiger partial charge on any atom is -0.447 e. The second-order valence-corrected chi connectivity index (χ2v) is 6.78. The molecule has 2 amide bonds. The number of hydrogen-bond donors (Lipinski definition) is 0. The largest absolute Gasteiger partial charge is 0.447 e. The van der Waals surface area contributed by atoms with Crippen LogP contribution in [-0.2, 0) is 4.74 Å². The number of carbonyl (C=O) groups is 2. The van der Waals surface area contributed by atoms with Gasteiger partial charge >= 0.3 is 6.09 Å². The van der Waals surface area contributed by atoms with Crippen molar-refractivity contribution in [1.82, 2.24) is 15.0 Å². The summed E-state index contributed by atoms with van der Waals surface area (Å²) in [6.07, 6.45) is 2.34. The second kappa shape index (κ2) is 6.83. The fourth-order valence-corrected chi connectivity index (χ4v) is 3.55. The summed E-state index contributed by atoms with van der Waals surface area (Å²) in [6, 6.07) is 1.95. The van der Waals surface area contributed by atoms with Crippen LogP contribution >= 0.6 is 0 Å². The van der Waals surface area contributed by atoms with Gasteiger partial charge in [0.2, 0.25) is 0 Å². The van der Waals surface area contributed by atoms with Crippen LogP contribution < -0.4 is 0 Å². The van der Waals surface area contributed by atoms with Crippen LogP contribution in [0.1, 0.15) is 49.4 Å². The molecule has 0 spiro atoms. The lowest BCUT2D eigenvalue weighted by molar-refractivity contribution is 0.0606. The first kappa shape index (κ1) is 16.8. The number of cyclic esters (lactones) is 1. The SMILES string of the molecule is CCC(C)C1COC(=O)N1C1CCN(C(=O)c2cc(C)on2)CC1. The van der Waals surface area contributed by atoms with E-state index in [1.54, 1.807) is 17.9 Å². The molecule has 3 heterocycles. The normalized spacial score (nSPS) is 23.5. The van der Waals surface area contributed by atoms with Crippen molar-refractivity contribution in [3.8, 4) is 0 Å². The molecule has 1 aromatic heterocycles. The van der Waals surface area contributed by atoms with Crippen molar-refractivity contribution in [2.45, 2.75) is 52.1 Å². The number of rotatable bonds is 4. The predicted molar refractivity (Wildman–Crippen MR) is 86.6 cm³/mol. The standard InChI is InChI=1S/C17H25N3O4/c1-4-11(2)15-10-23-17(22)20(15)13-5-7-19(8-6-13)16(21)14-9-12(3)24-18-14/h9,11,13,15H,4-8,10H2,1-3H3. The summed E-state index contributed by atoms with van der Waals surface area (Å²) in [5, 5.41) is 3.80. The first-order valence-corrected chi connectivity index (χ1v) is 8.69. The molecule has 0 N–H and O–H groups in total. The Morgan fingerprint density at radius 1 is 1.42 bits per heavy atom. The fourth-order valence-electron chi connectivity index (χ4n) is 3.55. The number of carbonyl (C=O) groups excluding carboxylic acids is 2. The monoisotopic (exact) mass is 335 g/mol. The fraction of sp³-hybridized carbons (Fsp3) is 0.706. The molecule has 24 heavy (non-hydrogen) atoms. The molecule has 1 aromatic rings. The highest BCUT2D eigenvalue weighted by atomic mass is 16.6. The quantitative estimate of drug-likeness (QED) is 0.845. The minimum atomic E-state index is -0.211. The summed E-state index contributed by atoms with van der Waals surface area (Å²) in [7, 11) is 0. The van der Waals surface area contributed by atoms with Crippen molar-refractivity contribution in [3.63, 3.8) is 0 Å². The van der Waals surface area contributed by atoms with E-state index in [1.165, 1.54) is 0 Å². The smallest absolute Gasteiger partial charge is 0.410 e. The molecule has 0 saturated carbocycles. The van der Waals surface area contributed by atoms with E-state index in [4.69, 9.17) is 9.26 Å². The van der Waals surface area contributed by atoms with E-state index < -0.39 is 0 Å². The zero-order chi connectivity index (χ0) is 17.3. The van der Waals surface area contributed by atoms with Gasteiger partial charge in [0.1, 0.15) is 12.4 Å². The zero-order valence-corrected chi connectivity index (χ0v) is 14.5. The Balaban J connectivity index is 1.62. The Morgan fingerprint density at radius 3 is 2.71 bits per heavy atom. The summed E-state index contributed by atoms with van der Waals surface area (Å²) in [5.74, 6) is 0.937. The molecule has 3 rings (SSSR count). The maximum Gasteiger partial charge on any atom is 0.410 e. The summed E-state index contributed by atoms with van der Waals surface area (Å²) in [6.45, 7) is 7.77. The molecular formula is C17H25N3O4. The molecule has 2 fully saturated rings. The molecule has 2 aliphatic heterocycles. The van der Waals surface area contributed by atoms with E-state index in [0.29, 0.717) is 37.1 Å². The number of nitrogens with zero attached hydrogens (tertiary/aromatic N) is 3. The number of piperidine rings is 1. The van der Waals surface area contributed by atoms with E-state index in [2.05, 4.69) is 19.0 Å². The third-order valence-electron chi connectivity index (χ3n) is 5.24. The highest BCUT2D eigenvalue weighted by Gasteiger charge is 2.41. The van der Waals surface area contributed by atoms with Crippen LogP contribution in [-0.4, -0.2) is 58.7 Å². The summed E-state index contributed by atoms with van der Waals surface area (Å²) in [4.78, 5) is 28.3. The van der Waals surface area contributed by atoms with Gasteiger partial charge in [0.05, 0.1) is 6.04 Å². The lowest BCUT2D eigenvalue weighted by Crippen LogP contribution is -2.51. The molecule has 2 unspecified atom stereocenters.